The van der Waals surface area contributed by atoms with Crippen molar-refractivity contribution >= 4 is 38.7 Å². The van der Waals surface area contributed by atoms with Crippen LogP contribution >= 0.6 is 0 Å². The first-order valence-corrected chi connectivity index (χ1v) is 9.84. The van der Waals surface area contributed by atoms with Gasteiger partial charge in [-0.1, -0.05) is 30.3 Å². The minimum atomic E-state index is -4.63. The van der Waals surface area contributed by atoms with Crippen LogP contribution in [-0.2, 0) is 12.7 Å². The van der Waals surface area contributed by atoms with Crippen molar-refractivity contribution in [1.29, 1.82) is 0 Å². The van der Waals surface area contributed by atoms with Crippen molar-refractivity contribution in [3.05, 3.63) is 71.8 Å². The number of hydrogen-bond acceptors (Lipinski definition) is 2. The smallest absolute Gasteiger partial charge is 0.389 e. The number of rotatable bonds is 3. The average molecular weight is 424 g/mol. The molecule has 3 aromatic heterocycles. The third kappa shape index (κ3) is 2.99. The first kappa shape index (κ1) is 19.6. The maximum absolute atomic E-state index is 13.5. The summed E-state index contributed by atoms with van der Waals surface area (Å²) in [6.45, 7) is 3.65. The van der Waals surface area contributed by atoms with E-state index in [2.05, 4.69) is 0 Å². The molecule has 3 aromatic carbocycles. The molecule has 31 heavy (non-hydrogen) atoms. The third-order valence-corrected chi connectivity index (χ3v) is 5.54. The summed E-state index contributed by atoms with van der Waals surface area (Å²) in [4.78, 5) is 13.2. The summed E-state index contributed by atoms with van der Waals surface area (Å²) >= 11 is 0. The molecule has 7 heteroatoms. The number of alkyl halides is 3. The van der Waals surface area contributed by atoms with E-state index in [1.165, 1.54) is 22.8 Å². The number of benzene rings is 3. The SMILES string of the molecule is CC(C)(O)Cn1c2ccccc2c2cc3cc(c21)N3C(=O)c1ccccc1C(F)(F)F. The number of pyridine rings is 1. The molecule has 0 amide bonds. The van der Waals surface area contributed by atoms with E-state index in [1.807, 2.05) is 34.9 Å². The molecule has 1 N–H and O–H groups in total. The van der Waals surface area contributed by atoms with Gasteiger partial charge >= 0.3 is 6.18 Å². The van der Waals surface area contributed by atoms with Gasteiger partial charge in [-0.05, 0) is 44.2 Å². The van der Waals surface area contributed by atoms with Crippen LogP contribution in [0.4, 0.5) is 13.2 Å². The van der Waals surface area contributed by atoms with Crippen LogP contribution in [0.5, 0.6) is 0 Å². The Labute approximate surface area is 175 Å². The van der Waals surface area contributed by atoms with Crippen molar-refractivity contribution in [3.8, 4) is 0 Å². The first-order chi connectivity index (χ1) is 14.6. The van der Waals surface area contributed by atoms with Crippen LogP contribution in [0.3, 0.4) is 0 Å². The average Bonchev–Trinajstić information content (AvgIpc) is 3.00. The van der Waals surface area contributed by atoms with Crippen LogP contribution in [0.2, 0.25) is 0 Å². The van der Waals surface area contributed by atoms with Gasteiger partial charge in [0.05, 0.1) is 39.8 Å². The van der Waals surface area contributed by atoms with E-state index in [9.17, 15) is 23.1 Å². The second kappa shape index (κ2) is 6.34. The zero-order valence-corrected chi connectivity index (χ0v) is 16.9. The van der Waals surface area contributed by atoms with Crippen molar-refractivity contribution in [2.24, 2.45) is 0 Å². The van der Waals surface area contributed by atoms with Crippen LogP contribution in [0.15, 0.2) is 60.7 Å². The van der Waals surface area contributed by atoms with Crippen LogP contribution in [0.1, 0.15) is 29.8 Å². The Morgan fingerprint density at radius 2 is 1.61 bits per heavy atom. The lowest BCUT2D eigenvalue weighted by Gasteiger charge is -2.23. The highest BCUT2D eigenvalue weighted by atomic mass is 19.4. The molecular formula is C24H19F3N2O2. The van der Waals surface area contributed by atoms with Crippen molar-refractivity contribution in [1.82, 2.24) is 9.13 Å². The highest BCUT2D eigenvalue weighted by molar-refractivity contribution is 6.20. The standard InChI is InChI=1S/C24H19F3N2O2/c1-23(2,31)13-28-19-10-6-4-7-15(19)17-11-14-12-20(21(17)28)29(14)22(30)16-8-3-5-9-18(16)24(25,26)27/h3-12,31H,13H2,1-2H3. The number of nitrogens with zero attached hydrogens (tertiary/aromatic N) is 2. The zero-order chi connectivity index (χ0) is 22.1. The largest absolute Gasteiger partial charge is 0.417 e. The number of para-hydroxylation sites is 1. The molecule has 158 valence electrons. The number of fused-ring (bicyclic) bond motifs is 1. The number of aliphatic hydroxyl groups is 1. The number of aromatic nitrogens is 2. The van der Waals surface area contributed by atoms with Crippen molar-refractivity contribution < 1.29 is 23.1 Å². The van der Waals surface area contributed by atoms with Crippen molar-refractivity contribution in [3.63, 3.8) is 0 Å². The molecule has 0 saturated carbocycles. The molecular weight excluding hydrogens is 405 g/mol. The van der Waals surface area contributed by atoms with Crippen molar-refractivity contribution in [2.75, 3.05) is 0 Å². The van der Waals surface area contributed by atoms with Crippen LogP contribution in [0, 0.1) is 0 Å². The summed E-state index contributed by atoms with van der Waals surface area (Å²) in [5.41, 5.74) is 0.329. The molecule has 0 atom stereocenters. The summed E-state index contributed by atoms with van der Waals surface area (Å²) in [6.07, 6.45) is -4.63. The lowest BCUT2D eigenvalue weighted by molar-refractivity contribution is -0.137. The van der Waals surface area contributed by atoms with E-state index in [4.69, 9.17) is 0 Å². The van der Waals surface area contributed by atoms with E-state index in [0.29, 0.717) is 11.0 Å². The van der Waals surface area contributed by atoms with E-state index >= 15 is 0 Å². The molecule has 0 spiro atoms. The Morgan fingerprint density at radius 1 is 0.935 bits per heavy atom. The predicted molar refractivity (Wildman–Crippen MR) is 114 cm³/mol. The summed E-state index contributed by atoms with van der Waals surface area (Å²) < 4.78 is 43.7. The maximum Gasteiger partial charge on any atom is 0.417 e. The molecule has 0 aliphatic heterocycles. The number of hydrogen-bond donors (Lipinski definition) is 1. The third-order valence-electron chi connectivity index (χ3n) is 5.54. The fraction of sp³-hybridized carbons (Fsp3) is 0.208. The van der Waals surface area contributed by atoms with Crippen molar-refractivity contribution in [2.45, 2.75) is 32.2 Å². The van der Waals surface area contributed by atoms with Crippen LogP contribution in [-0.4, -0.2) is 25.7 Å². The lowest BCUT2D eigenvalue weighted by atomic mass is 10.0. The normalized spacial score (nSPS) is 13.1. The molecule has 0 radical (unpaired) electrons. The van der Waals surface area contributed by atoms with E-state index in [-0.39, 0.29) is 12.1 Å². The first-order valence-electron chi connectivity index (χ1n) is 9.84. The molecule has 0 saturated heterocycles. The minimum Gasteiger partial charge on any atom is -0.389 e. The van der Waals surface area contributed by atoms with Gasteiger partial charge in [0.2, 0.25) is 0 Å². The Kier molecular flexibility index (Phi) is 4.02. The number of halogens is 3. The predicted octanol–water partition coefficient (Wildman–Crippen LogP) is 5.67. The lowest BCUT2D eigenvalue weighted by Crippen LogP contribution is -2.27. The van der Waals surface area contributed by atoms with Gasteiger partial charge in [-0.2, -0.15) is 13.2 Å². The summed E-state index contributed by atoms with van der Waals surface area (Å²) in [5, 5.41) is 12.3. The zero-order valence-electron chi connectivity index (χ0n) is 16.9. The van der Waals surface area contributed by atoms with E-state index in [0.717, 1.165) is 27.9 Å². The molecule has 6 rings (SSSR count). The number of carbonyl (C=O) groups is 1. The fourth-order valence-electron chi connectivity index (χ4n) is 4.34. The van der Waals surface area contributed by atoms with Gasteiger partial charge in [0.15, 0.2) is 0 Å². The Balaban J connectivity index is 1.77. The Morgan fingerprint density at radius 3 is 2.32 bits per heavy atom. The topological polar surface area (TPSA) is 47.2 Å². The van der Waals surface area contributed by atoms with Gasteiger partial charge in [0, 0.05) is 16.3 Å². The number of carbonyl (C=O) groups excluding carboxylic acids is 1. The highest BCUT2D eigenvalue weighted by Crippen LogP contribution is 2.39. The second-order valence-corrected chi connectivity index (χ2v) is 8.46. The van der Waals surface area contributed by atoms with Gasteiger partial charge in [0.1, 0.15) is 0 Å². The highest BCUT2D eigenvalue weighted by Gasteiger charge is 2.36. The fourth-order valence-corrected chi connectivity index (χ4v) is 4.34. The Bertz CT molecular complexity index is 1450. The second-order valence-electron chi connectivity index (χ2n) is 8.46. The summed E-state index contributed by atoms with van der Waals surface area (Å²) in [7, 11) is 0. The molecule has 6 aromatic rings. The Hall–Kier alpha value is -3.32. The van der Waals surface area contributed by atoms with Gasteiger partial charge < -0.3 is 9.67 Å². The minimum absolute atomic E-state index is 0.268. The van der Waals surface area contributed by atoms with Gasteiger partial charge in [0.25, 0.3) is 5.91 Å². The molecule has 0 aliphatic rings. The molecule has 0 unspecified atom stereocenters. The molecule has 4 nitrogen and oxygen atoms in total. The molecule has 2 bridgehead atoms. The van der Waals surface area contributed by atoms with Gasteiger partial charge in [-0.15, -0.1) is 0 Å². The maximum atomic E-state index is 13.5. The summed E-state index contributed by atoms with van der Waals surface area (Å²) in [6, 6.07) is 16.1. The molecule has 0 fully saturated rings. The summed E-state index contributed by atoms with van der Waals surface area (Å²) in [5.74, 6) is -0.720. The molecule has 3 heterocycles. The van der Waals surface area contributed by atoms with E-state index in [1.54, 1.807) is 19.9 Å². The van der Waals surface area contributed by atoms with Gasteiger partial charge in [-0.3, -0.25) is 9.36 Å². The van der Waals surface area contributed by atoms with Gasteiger partial charge in [-0.25, -0.2) is 0 Å². The quantitative estimate of drug-likeness (QED) is 0.406. The monoisotopic (exact) mass is 424 g/mol. The van der Waals surface area contributed by atoms with Crippen LogP contribution < -0.4 is 0 Å². The van der Waals surface area contributed by atoms with E-state index < -0.39 is 23.2 Å². The van der Waals surface area contributed by atoms with Crippen LogP contribution in [0.25, 0.3) is 32.8 Å². The molecule has 0 aliphatic carbocycles.